The lowest BCUT2D eigenvalue weighted by atomic mass is 10.2. The van der Waals surface area contributed by atoms with Crippen molar-refractivity contribution in [3.63, 3.8) is 0 Å². The van der Waals surface area contributed by atoms with Gasteiger partial charge in [-0.25, -0.2) is 4.98 Å². The van der Waals surface area contributed by atoms with Gasteiger partial charge in [0.05, 0.1) is 10.9 Å². The van der Waals surface area contributed by atoms with Crippen LogP contribution in [0.15, 0.2) is 53.6 Å². The number of pyridine rings is 1. The van der Waals surface area contributed by atoms with Crippen LogP contribution in [-0.2, 0) is 0 Å². The van der Waals surface area contributed by atoms with E-state index < -0.39 is 5.91 Å². The lowest BCUT2D eigenvalue weighted by Crippen LogP contribution is -2.31. The Bertz CT molecular complexity index is 985. The van der Waals surface area contributed by atoms with Crippen molar-refractivity contribution in [3.05, 3.63) is 70.5 Å². The summed E-state index contributed by atoms with van der Waals surface area (Å²) in [6.07, 6.45) is 3.64. The fraction of sp³-hybridized carbons (Fsp3) is 0.167. The van der Waals surface area contributed by atoms with Gasteiger partial charge in [0.1, 0.15) is 0 Å². The highest BCUT2D eigenvalue weighted by Gasteiger charge is 2.10. The third kappa shape index (κ3) is 4.10. The van der Waals surface area contributed by atoms with Gasteiger partial charge in [-0.3, -0.25) is 19.4 Å². The highest BCUT2D eigenvalue weighted by atomic mass is 16.2. The number of nitrogens with one attached hydrogen (secondary N) is 3. The molecule has 0 unspecified atom stereocenters. The van der Waals surface area contributed by atoms with Crippen LogP contribution in [0.4, 0.5) is 0 Å². The molecule has 132 valence electrons. The molecule has 3 N–H and O–H groups in total. The topological polar surface area (TPSA) is 117 Å². The number of hydrogen-bond donors (Lipinski definition) is 3. The van der Waals surface area contributed by atoms with Gasteiger partial charge >= 0.3 is 0 Å². The maximum atomic E-state index is 12.1. The molecular formula is C18H17N5O3. The number of aromatic nitrogens is 3. The zero-order chi connectivity index (χ0) is 18.4. The molecule has 26 heavy (non-hydrogen) atoms. The molecule has 2 amide bonds. The molecule has 0 spiro atoms. The molecule has 0 saturated heterocycles. The summed E-state index contributed by atoms with van der Waals surface area (Å²) in [7, 11) is 0. The standard InChI is InChI=1S/C18H17N5O3/c24-16(12-6-10-19-11-7-12)20-8-3-9-21-18(26)15-22-14-5-2-1-4-13(14)17(25)23-15/h1-2,4-7,10-11H,3,8-9H2,(H,20,24)(H,21,26)(H,22,23,25). The van der Waals surface area contributed by atoms with Crippen LogP contribution < -0.4 is 16.2 Å². The maximum Gasteiger partial charge on any atom is 0.287 e. The third-order valence-corrected chi connectivity index (χ3v) is 3.70. The number of rotatable bonds is 6. The lowest BCUT2D eigenvalue weighted by molar-refractivity contribution is 0.0942. The average molecular weight is 351 g/mol. The third-order valence-electron chi connectivity index (χ3n) is 3.70. The number of carbonyl (C=O) groups is 2. The number of H-pyrrole nitrogens is 1. The number of benzene rings is 1. The second kappa shape index (κ2) is 8.02. The Morgan fingerprint density at radius 1 is 0.962 bits per heavy atom. The summed E-state index contributed by atoms with van der Waals surface area (Å²) >= 11 is 0. The summed E-state index contributed by atoms with van der Waals surface area (Å²) in [5, 5.41) is 5.86. The van der Waals surface area contributed by atoms with E-state index in [-0.39, 0.29) is 17.3 Å². The van der Waals surface area contributed by atoms with Crippen LogP contribution in [0.3, 0.4) is 0 Å². The number of hydrogen-bond acceptors (Lipinski definition) is 5. The minimum Gasteiger partial charge on any atom is -0.352 e. The minimum absolute atomic E-state index is 0.0329. The molecule has 0 bridgehead atoms. The van der Waals surface area contributed by atoms with Crippen molar-refractivity contribution in [1.82, 2.24) is 25.6 Å². The summed E-state index contributed by atoms with van der Waals surface area (Å²) in [6, 6.07) is 10.1. The molecule has 8 heteroatoms. The number of fused-ring (bicyclic) bond motifs is 1. The van der Waals surface area contributed by atoms with E-state index in [1.807, 2.05) is 0 Å². The van der Waals surface area contributed by atoms with Gasteiger partial charge in [-0.05, 0) is 30.7 Å². The molecule has 2 heterocycles. The highest BCUT2D eigenvalue weighted by Crippen LogP contribution is 2.05. The van der Waals surface area contributed by atoms with Crippen LogP contribution in [0.5, 0.6) is 0 Å². The number of amides is 2. The molecule has 2 aromatic heterocycles. The monoisotopic (exact) mass is 351 g/mol. The van der Waals surface area contributed by atoms with E-state index >= 15 is 0 Å². The van der Waals surface area contributed by atoms with Crippen molar-refractivity contribution in [2.24, 2.45) is 0 Å². The van der Waals surface area contributed by atoms with Gasteiger partial charge in [0, 0.05) is 31.0 Å². The van der Waals surface area contributed by atoms with Crippen molar-refractivity contribution in [2.45, 2.75) is 6.42 Å². The highest BCUT2D eigenvalue weighted by molar-refractivity contribution is 5.94. The zero-order valence-electron chi connectivity index (χ0n) is 13.9. The molecule has 0 atom stereocenters. The summed E-state index contributed by atoms with van der Waals surface area (Å²) in [5.74, 6) is -0.693. The van der Waals surface area contributed by atoms with Crippen molar-refractivity contribution in [3.8, 4) is 0 Å². The molecule has 3 aromatic rings. The van der Waals surface area contributed by atoms with E-state index in [0.29, 0.717) is 36.0 Å². The summed E-state index contributed by atoms with van der Waals surface area (Å²) < 4.78 is 0. The van der Waals surface area contributed by atoms with Gasteiger partial charge in [0.2, 0.25) is 0 Å². The van der Waals surface area contributed by atoms with E-state index in [4.69, 9.17) is 0 Å². The molecule has 0 saturated carbocycles. The number of aromatic amines is 1. The van der Waals surface area contributed by atoms with Crippen LogP contribution in [-0.4, -0.2) is 39.9 Å². The van der Waals surface area contributed by atoms with Crippen LogP contribution >= 0.6 is 0 Å². The van der Waals surface area contributed by atoms with Crippen molar-refractivity contribution < 1.29 is 9.59 Å². The van der Waals surface area contributed by atoms with Crippen molar-refractivity contribution >= 4 is 22.7 Å². The van der Waals surface area contributed by atoms with Crippen LogP contribution in [0.1, 0.15) is 27.4 Å². The SMILES string of the molecule is O=C(NCCCNC(=O)c1nc2ccccc2c(=O)[nH]1)c1ccncc1. The Hall–Kier alpha value is -3.55. The van der Waals surface area contributed by atoms with Crippen molar-refractivity contribution in [2.75, 3.05) is 13.1 Å². The molecule has 8 nitrogen and oxygen atoms in total. The Morgan fingerprint density at radius 3 is 2.42 bits per heavy atom. The number of nitrogens with zero attached hydrogens (tertiary/aromatic N) is 2. The number of carbonyl (C=O) groups excluding carboxylic acids is 2. The van der Waals surface area contributed by atoms with E-state index in [2.05, 4.69) is 25.6 Å². The van der Waals surface area contributed by atoms with Gasteiger partial charge in [-0.15, -0.1) is 0 Å². The Kier molecular flexibility index (Phi) is 5.33. The first-order valence-corrected chi connectivity index (χ1v) is 8.10. The van der Waals surface area contributed by atoms with Gasteiger partial charge in [0.25, 0.3) is 17.4 Å². The first-order chi connectivity index (χ1) is 12.6. The summed E-state index contributed by atoms with van der Waals surface area (Å²) in [5.41, 5.74) is 0.637. The van der Waals surface area contributed by atoms with Crippen molar-refractivity contribution in [1.29, 1.82) is 0 Å². The molecular weight excluding hydrogens is 334 g/mol. The first kappa shape index (κ1) is 17.3. The molecule has 0 aliphatic rings. The first-order valence-electron chi connectivity index (χ1n) is 8.10. The predicted molar refractivity (Wildman–Crippen MR) is 95.9 cm³/mol. The smallest absolute Gasteiger partial charge is 0.287 e. The molecule has 0 fully saturated rings. The molecule has 0 aliphatic heterocycles. The second-order valence-electron chi connectivity index (χ2n) is 5.53. The minimum atomic E-state index is -0.465. The fourth-order valence-corrected chi connectivity index (χ4v) is 2.38. The van der Waals surface area contributed by atoms with Gasteiger partial charge < -0.3 is 15.6 Å². The van der Waals surface area contributed by atoms with Crippen LogP contribution in [0, 0.1) is 0 Å². The largest absolute Gasteiger partial charge is 0.352 e. The Balaban J connectivity index is 1.49. The molecule has 0 aliphatic carbocycles. The normalized spacial score (nSPS) is 10.5. The van der Waals surface area contributed by atoms with Gasteiger partial charge in [-0.2, -0.15) is 0 Å². The van der Waals surface area contributed by atoms with Gasteiger partial charge in [0.15, 0.2) is 5.82 Å². The van der Waals surface area contributed by atoms with Crippen LogP contribution in [0.25, 0.3) is 10.9 Å². The Morgan fingerprint density at radius 2 is 1.65 bits per heavy atom. The second-order valence-corrected chi connectivity index (χ2v) is 5.53. The zero-order valence-corrected chi connectivity index (χ0v) is 13.9. The lowest BCUT2D eigenvalue weighted by Gasteiger charge is -2.07. The summed E-state index contributed by atoms with van der Waals surface area (Å²) in [6.45, 7) is 0.745. The van der Waals surface area contributed by atoms with E-state index in [1.165, 1.54) is 0 Å². The van der Waals surface area contributed by atoms with Crippen LogP contribution in [0.2, 0.25) is 0 Å². The summed E-state index contributed by atoms with van der Waals surface area (Å²) in [4.78, 5) is 46.4. The van der Waals surface area contributed by atoms with E-state index in [9.17, 15) is 14.4 Å². The Labute approximate surface area is 148 Å². The quantitative estimate of drug-likeness (QED) is 0.570. The maximum absolute atomic E-state index is 12.1. The molecule has 3 rings (SSSR count). The predicted octanol–water partition coefficient (Wildman–Crippen LogP) is 0.868. The molecule has 0 radical (unpaired) electrons. The molecule has 1 aromatic carbocycles. The average Bonchev–Trinajstić information content (AvgIpc) is 2.68. The van der Waals surface area contributed by atoms with E-state index in [1.54, 1.807) is 48.8 Å². The fourth-order valence-electron chi connectivity index (χ4n) is 2.38. The number of para-hydroxylation sites is 1. The van der Waals surface area contributed by atoms with Gasteiger partial charge in [-0.1, -0.05) is 12.1 Å². The van der Waals surface area contributed by atoms with E-state index in [0.717, 1.165) is 0 Å².